The summed E-state index contributed by atoms with van der Waals surface area (Å²) in [4.78, 5) is 22.3. The van der Waals surface area contributed by atoms with Crippen molar-refractivity contribution in [2.45, 2.75) is 33.0 Å². The molecule has 0 bridgehead atoms. The fourth-order valence-electron chi connectivity index (χ4n) is 1.84. The number of non-ortho nitro benzene ring substituents is 1. The van der Waals surface area contributed by atoms with Gasteiger partial charge in [-0.05, 0) is 38.5 Å². The van der Waals surface area contributed by atoms with Gasteiger partial charge >= 0.3 is 0 Å². The van der Waals surface area contributed by atoms with Crippen molar-refractivity contribution in [3.05, 3.63) is 51.2 Å². The van der Waals surface area contributed by atoms with Gasteiger partial charge in [0.25, 0.3) is 11.6 Å². The molecule has 0 atom stereocenters. The number of rotatable bonds is 5. The summed E-state index contributed by atoms with van der Waals surface area (Å²) < 4.78 is 0. The second-order valence-electron chi connectivity index (χ2n) is 5.19. The molecule has 0 aliphatic rings. The molecule has 114 valence electrons. The standard InChI is InChI=1S/C14H18N2O5/c1-9(7-14(2,3)19)15-13(18)12-6-11(16(20)21)5-4-10(12)8-17/h4-7,17,19H,8H2,1-3H3,(H,15,18)/b9-7-. The van der Waals surface area contributed by atoms with Crippen LogP contribution in [-0.4, -0.2) is 26.6 Å². The summed E-state index contributed by atoms with van der Waals surface area (Å²) in [7, 11) is 0. The Labute approximate surface area is 122 Å². The van der Waals surface area contributed by atoms with Crippen LogP contribution in [0, 0.1) is 10.1 Å². The number of nitro benzene ring substituents is 1. The average Bonchev–Trinajstić information content (AvgIpc) is 2.35. The van der Waals surface area contributed by atoms with Crippen LogP contribution in [0.4, 0.5) is 5.69 Å². The van der Waals surface area contributed by atoms with E-state index in [2.05, 4.69) is 5.32 Å². The molecule has 7 heteroatoms. The molecule has 0 saturated heterocycles. The van der Waals surface area contributed by atoms with Crippen LogP contribution in [-0.2, 0) is 6.61 Å². The number of allylic oxidation sites excluding steroid dienone is 1. The third-order valence-electron chi connectivity index (χ3n) is 2.60. The van der Waals surface area contributed by atoms with Crippen molar-refractivity contribution in [3.8, 4) is 0 Å². The second-order valence-corrected chi connectivity index (χ2v) is 5.19. The molecule has 0 aliphatic heterocycles. The van der Waals surface area contributed by atoms with Gasteiger partial charge in [-0.1, -0.05) is 0 Å². The number of nitrogens with one attached hydrogen (secondary N) is 1. The third kappa shape index (κ3) is 4.97. The van der Waals surface area contributed by atoms with Crippen molar-refractivity contribution in [3.63, 3.8) is 0 Å². The fourth-order valence-corrected chi connectivity index (χ4v) is 1.84. The predicted octanol–water partition coefficient (Wildman–Crippen LogP) is 1.49. The second kappa shape index (κ2) is 6.47. The predicted molar refractivity (Wildman–Crippen MR) is 76.5 cm³/mol. The van der Waals surface area contributed by atoms with Crippen LogP contribution in [0.25, 0.3) is 0 Å². The lowest BCUT2D eigenvalue weighted by Gasteiger charge is -2.14. The van der Waals surface area contributed by atoms with E-state index in [4.69, 9.17) is 0 Å². The van der Waals surface area contributed by atoms with E-state index < -0.39 is 23.0 Å². The molecule has 21 heavy (non-hydrogen) atoms. The Morgan fingerprint density at radius 2 is 2.10 bits per heavy atom. The zero-order valence-corrected chi connectivity index (χ0v) is 12.1. The van der Waals surface area contributed by atoms with Crippen molar-refractivity contribution in [2.24, 2.45) is 0 Å². The number of aliphatic hydroxyl groups excluding tert-OH is 1. The van der Waals surface area contributed by atoms with Gasteiger partial charge in [-0.3, -0.25) is 14.9 Å². The van der Waals surface area contributed by atoms with Gasteiger partial charge in [-0.15, -0.1) is 0 Å². The number of amides is 1. The Bertz CT molecular complexity index is 588. The maximum atomic E-state index is 12.1. The van der Waals surface area contributed by atoms with Crippen molar-refractivity contribution in [1.29, 1.82) is 0 Å². The molecular formula is C14H18N2O5. The monoisotopic (exact) mass is 294 g/mol. The quantitative estimate of drug-likeness (QED) is 0.562. The van der Waals surface area contributed by atoms with Crippen molar-refractivity contribution in [2.75, 3.05) is 0 Å². The van der Waals surface area contributed by atoms with Gasteiger partial charge < -0.3 is 15.5 Å². The molecule has 0 heterocycles. The zero-order valence-electron chi connectivity index (χ0n) is 12.1. The topological polar surface area (TPSA) is 113 Å². The molecule has 0 spiro atoms. The summed E-state index contributed by atoms with van der Waals surface area (Å²) in [5.74, 6) is -0.583. The van der Waals surface area contributed by atoms with Crippen LogP contribution in [0.1, 0.15) is 36.7 Å². The average molecular weight is 294 g/mol. The van der Waals surface area contributed by atoms with E-state index in [0.29, 0.717) is 5.70 Å². The van der Waals surface area contributed by atoms with Gasteiger partial charge in [0.2, 0.25) is 0 Å². The van der Waals surface area contributed by atoms with Crippen LogP contribution in [0.3, 0.4) is 0 Å². The van der Waals surface area contributed by atoms with Gasteiger partial charge in [0.05, 0.1) is 22.7 Å². The number of hydrogen-bond donors (Lipinski definition) is 3. The van der Waals surface area contributed by atoms with Gasteiger partial charge in [-0.2, -0.15) is 0 Å². The highest BCUT2D eigenvalue weighted by Gasteiger charge is 2.17. The fraction of sp³-hybridized carbons (Fsp3) is 0.357. The lowest BCUT2D eigenvalue weighted by Crippen LogP contribution is -2.26. The first-order chi connectivity index (χ1) is 9.64. The van der Waals surface area contributed by atoms with E-state index >= 15 is 0 Å². The molecule has 0 unspecified atom stereocenters. The Kier molecular flexibility index (Phi) is 5.17. The molecule has 0 aromatic heterocycles. The smallest absolute Gasteiger partial charge is 0.270 e. The van der Waals surface area contributed by atoms with E-state index in [0.717, 1.165) is 6.07 Å². The highest BCUT2D eigenvalue weighted by Crippen LogP contribution is 2.18. The van der Waals surface area contributed by atoms with Gasteiger partial charge in [0, 0.05) is 17.8 Å². The molecule has 1 aromatic rings. The van der Waals surface area contributed by atoms with Crippen LogP contribution < -0.4 is 5.32 Å². The Morgan fingerprint density at radius 1 is 1.48 bits per heavy atom. The summed E-state index contributed by atoms with van der Waals surface area (Å²) in [5, 5.41) is 32.1. The number of nitrogens with zero attached hydrogens (tertiary/aromatic N) is 1. The van der Waals surface area contributed by atoms with Crippen LogP contribution in [0.5, 0.6) is 0 Å². The van der Waals surface area contributed by atoms with Crippen LogP contribution in [0.15, 0.2) is 30.0 Å². The Balaban J connectivity index is 3.09. The lowest BCUT2D eigenvalue weighted by atomic mass is 10.1. The molecule has 3 N–H and O–H groups in total. The van der Waals surface area contributed by atoms with Crippen molar-refractivity contribution < 1.29 is 19.9 Å². The Morgan fingerprint density at radius 3 is 2.57 bits per heavy atom. The summed E-state index contributed by atoms with van der Waals surface area (Å²) in [5.41, 5.74) is -0.617. The summed E-state index contributed by atoms with van der Waals surface area (Å²) in [6, 6.07) is 3.67. The zero-order chi connectivity index (χ0) is 16.2. The van der Waals surface area contributed by atoms with E-state index in [1.54, 1.807) is 20.8 Å². The third-order valence-corrected chi connectivity index (χ3v) is 2.60. The molecule has 0 radical (unpaired) electrons. The number of carbonyl (C=O) groups is 1. The Hall–Kier alpha value is -2.25. The molecule has 1 aromatic carbocycles. The summed E-state index contributed by atoms with van der Waals surface area (Å²) in [6.45, 7) is 4.28. The van der Waals surface area contributed by atoms with Gasteiger partial charge in [-0.25, -0.2) is 0 Å². The van der Waals surface area contributed by atoms with Crippen molar-refractivity contribution >= 4 is 11.6 Å². The maximum Gasteiger partial charge on any atom is 0.270 e. The van der Waals surface area contributed by atoms with E-state index in [1.165, 1.54) is 18.2 Å². The largest absolute Gasteiger partial charge is 0.392 e. The first-order valence-electron chi connectivity index (χ1n) is 6.25. The molecule has 0 aliphatic carbocycles. The highest BCUT2D eigenvalue weighted by atomic mass is 16.6. The molecule has 0 fully saturated rings. The van der Waals surface area contributed by atoms with Crippen LogP contribution >= 0.6 is 0 Å². The molecule has 1 amide bonds. The first-order valence-corrected chi connectivity index (χ1v) is 6.25. The van der Waals surface area contributed by atoms with Gasteiger partial charge in [0.15, 0.2) is 0 Å². The molecular weight excluding hydrogens is 276 g/mol. The number of hydrogen-bond acceptors (Lipinski definition) is 5. The number of nitro groups is 1. The number of benzene rings is 1. The minimum absolute atomic E-state index is 0.0233. The van der Waals surface area contributed by atoms with E-state index in [1.807, 2.05) is 0 Å². The molecule has 1 rings (SSSR count). The lowest BCUT2D eigenvalue weighted by molar-refractivity contribution is -0.384. The minimum Gasteiger partial charge on any atom is -0.392 e. The molecule has 0 saturated carbocycles. The normalized spacial score (nSPS) is 12.1. The first kappa shape index (κ1) is 16.8. The maximum absolute atomic E-state index is 12.1. The highest BCUT2D eigenvalue weighted by molar-refractivity contribution is 5.97. The minimum atomic E-state index is -1.10. The SMILES string of the molecule is C/C(=C/C(C)(C)O)NC(=O)c1cc([N+](=O)[O-])ccc1CO. The van der Waals surface area contributed by atoms with E-state index in [9.17, 15) is 25.1 Å². The number of carbonyl (C=O) groups excluding carboxylic acids is 1. The van der Waals surface area contributed by atoms with Gasteiger partial charge in [0.1, 0.15) is 0 Å². The number of aliphatic hydroxyl groups is 2. The summed E-state index contributed by atoms with van der Waals surface area (Å²) >= 11 is 0. The van der Waals surface area contributed by atoms with Crippen molar-refractivity contribution in [1.82, 2.24) is 5.32 Å². The van der Waals surface area contributed by atoms with E-state index in [-0.39, 0.29) is 16.8 Å². The van der Waals surface area contributed by atoms with Crippen LogP contribution in [0.2, 0.25) is 0 Å². The summed E-state index contributed by atoms with van der Waals surface area (Å²) in [6.07, 6.45) is 1.45. The molecule has 7 nitrogen and oxygen atoms in total.